The van der Waals surface area contributed by atoms with Gasteiger partial charge in [0.15, 0.2) is 11.5 Å². The summed E-state index contributed by atoms with van der Waals surface area (Å²) in [5.74, 6) is 1.79. The summed E-state index contributed by atoms with van der Waals surface area (Å²) in [6, 6.07) is 20.3. The molecule has 0 atom stereocenters. The number of ether oxygens (including phenoxy) is 2. The Morgan fingerprint density at radius 1 is 0.914 bits per heavy atom. The highest BCUT2D eigenvalue weighted by Crippen LogP contribution is 2.28. The van der Waals surface area contributed by atoms with Crippen molar-refractivity contribution in [3.63, 3.8) is 0 Å². The smallest absolute Gasteiger partial charge is 0.324 e. The van der Waals surface area contributed by atoms with Crippen molar-refractivity contribution in [3.05, 3.63) is 72.3 Å². The average Bonchev–Trinajstić information content (AvgIpc) is 3.42. The topological polar surface area (TPSA) is 80.9 Å². The molecule has 1 saturated heterocycles. The summed E-state index contributed by atoms with van der Waals surface area (Å²) in [5, 5.41) is 6.47. The number of amides is 1. The number of carbonyl (C=O) groups is 1. The first-order valence-electron chi connectivity index (χ1n) is 11.4. The Kier molecular flexibility index (Phi) is 6.34. The molecule has 8 nitrogen and oxygen atoms in total. The van der Waals surface area contributed by atoms with Crippen LogP contribution < -0.4 is 14.4 Å². The number of aromatic nitrogens is 2. The van der Waals surface area contributed by atoms with E-state index in [9.17, 15) is 4.79 Å². The van der Waals surface area contributed by atoms with Crippen LogP contribution in [0, 0.1) is 0 Å². The molecule has 3 aromatic carbocycles. The molecule has 8 heteroatoms. The number of piperazine rings is 1. The lowest BCUT2D eigenvalue weighted by atomic mass is 10.1. The Balaban J connectivity index is 1.20. The van der Waals surface area contributed by atoms with Crippen LogP contribution in [-0.4, -0.2) is 61.3 Å². The third-order valence-corrected chi connectivity index (χ3v) is 6.11. The van der Waals surface area contributed by atoms with E-state index in [4.69, 9.17) is 14.0 Å². The van der Waals surface area contributed by atoms with Crippen LogP contribution in [0.4, 0.5) is 6.01 Å². The van der Waals surface area contributed by atoms with Crippen LogP contribution in [0.5, 0.6) is 11.5 Å². The lowest BCUT2D eigenvalue weighted by Crippen LogP contribution is -2.48. The first kappa shape index (κ1) is 22.5. The van der Waals surface area contributed by atoms with Gasteiger partial charge in [-0.1, -0.05) is 47.6 Å². The molecular weight excluding hydrogens is 444 g/mol. The third kappa shape index (κ3) is 4.82. The highest BCUT2D eigenvalue weighted by molar-refractivity contribution is 5.92. The van der Waals surface area contributed by atoms with Crippen LogP contribution in [0.3, 0.4) is 0 Å². The Hall–Kier alpha value is -4.33. The normalized spacial score (nSPS) is 14.0. The second kappa shape index (κ2) is 9.89. The van der Waals surface area contributed by atoms with Gasteiger partial charge in [-0.3, -0.25) is 4.79 Å². The molecule has 2 heterocycles. The molecule has 1 aliphatic rings. The predicted octanol–water partition coefficient (Wildman–Crippen LogP) is 4.27. The van der Waals surface area contributed by atoms with Gasteiger partial charge in [-0.2, -0.15) is 4.98 Å². The molecule has 178 valence electrons. The van der Waals surface area contributed by atoms with E-state index in [-0.39, 0.29) is 5.91 Å². The van der Waals surface area contributed by atoms with E-state index in [1.54, 1.807) is 26.4 Å². The molecule has 0 N–H and O–H groups in total. The van der Waals surface area contributed by atoms with E-state index < -0.39 is 0 Å². The van der Waals surface area contributed by atoms with Crippen LogP contribution in [0.15, 0.2) is 71.3 Å². The number of methoxy groups -OCH3 is 2. The molecule has 0 aliphatic carbocycles. The number of carbonyl (C=O) groups excluding carboxylic acids is 1. The molecule has 0 radical (unpaired) electrons. The molecular formula is C27H26N4O4. The van der Waals surface area contributed by atoms with E-state index in [0.717, 1.165) is 16.5 Å². The summed E-state index contributed by atoms with van der Waals surface area (Å²) in [7, 11) is 3.18. The maximum absolute atomic E-state index is 12.7. The Morgan fingerprint density at radius 3 is 2.46 bits per heavy atom. The number of fused-ring (bicyclic) bond motifs is 1. The molecule has 1 aromatic heterocycles. The molecule has 1 aliphatic heterocycles. The van der Waals surface area contributed by atoms with Crippen molar-refractivity contribution in [1.82, 2.24) is 15.0 Å². The predicted molar refractivity (Wildman–Crippen MR) is 135 cm³/mol. The molecule has 5 rings (SSSR count). The van der Waals surface area contributed by atoms with Gasteiger partial charge in [0.2, 0.25) is 11.7 Å². The summed E-state index contributed by atoms with van der Waals surface area (Å²) >= 11 is 0. The van der Waals surface area contributed by atoms with E-state index in [1.807, 2.05) is 46.2 Å². The molecule has 1 fully saturated rings. The number of nitrogens with zero attached hydrogens (tertiary/aromatic N) is 4. The van der Waals surface area contributed by atoms with Crippen molar-refractivity contribution in [2.75, 3.05) is 45.3 Å². The van der Waals surface area contributed by atoms with Crippen molar-refractivity contribution in [1.29, 1.82) is 0 Å². The largest absolute Gasteiger partial charge is 0.493 e. The van der Waals surface area contributed by atoms with Crippen LogP contribution in [0.1, 0.15) is 5.56 Å². The Bertz CT molecular complexity index is 1370. The zero-order valence-electron chi connectivity index (χ0n) is 19.7. The third-order valence-electron chi connectivity index (χ3n) is 6.11. The van der Waals surface area contributed by atoms with Crippen molar-refractivity contribution in [2.45, 2.75) is 0 Å². The Labute approximate surface area is 203 Å². The van der Waals surface area contributed by atoms with E-state index in [2.05, 4.69) is 34.4 Å². The quantitative estimate of drug-likeness (QED) is 0.389. The molecule has 4 aromatic rings. The maximum Gasteiger partial charge on any atom is 0.324 e. The van der Waals surface area contributed by atoms with Crippen molar-refractivity contribution < 1.29 is 18.8 Å². The molecule has 35 heavy (non-hydrogen) atoms. The standard InChI is InChI=1S/C27H26N4O4/c1-33-23-11-7-19(17-24(23)34-2)8-12-25(32)30-13-15-31(16-14-30)27-28-26(29-35-27)22-10-9-20-5-3-4-6-21(20)18-22/h3-12,17-18H,13-16H2,1-2H3/b12-8+. The SMILES string of the molecule is COc1ccc(/C=C/C(=O)N2CCN(c3nc(-c4ccc5ccccc5c4)no3)CC2)cc1OC. The van der Waals surface area contributed by atoms with Gasteiger partial charge >= 0.3 is 6.01 Å². The van der Waals surface area contributed by atoms with Gasteiger partial charge in [0, 0.05) is 37.8 Å². The first-order valence-corrected chi connectivity index (χ1v) is 11.4. The lowest BCUT2D eigenvalue weighted by Gasteiger charge is -2.32. The first-order chi connectivity index (χ1) is 17.1. The second-order valence-corrected chi connectivity index (χ2v) is 8.22. The van der Waals surface area contributed by atoms with Crippen molar-refractivity contribution >= 4 is 28.8 Å². The summed E-state index contributed by atoms with van der Waals surface area (Å²) in [6.45, 7) is 2.39. The minimum Gasteiger partial charge on any atom is -0.493 e. The zero-order valence-corrected chi connectivity index (χ0v) is 19.7. The van der Waals surface area contributed by atoms with Crippen LogP contribution in [0.25, 0.3) is 28.2 Å². The maximum atomic E-state index is 12.7. The van der Waals surface area contributed by atoms with Gasteiger partial charge in [0.05, 0.1) is 14.2 Å². The van der Waals surface area contributed by atoms with Gasteiger partial charge in [0.1, 0.15) is 0 Å². The fourth-order valence-corrected chi connectivity index (χ4v) is 4.14. The zero-order chi connectivity index (χ0) is 24.2. The molecule has 0 saturated carbocycles. The number of hydrogen-bond acceptors (Lipinski definition) is 7. The molecule has 0 unspecified atom stereocenters. The molecule has 1 amide bonds. The lowest BCUT2D eigenvalue weighted by molar-refractivity contribution is -0.126. The second-order valence-electron chi connectivity index (χ2n) is 8.22. The summed E-state index contributed by atoms with van der Waals surface area (Å²) in [4.78, 5) is 21.1. The van der Waals surface area contributed by atoms with Crippen LogP contribution >= 0.6 is 0 Å². The highest BCUT2D eigenvalue weighted by atomic mass is 16.5. The van der Waals surface area contributed by atoms with Crippen LogP contribution in [0.2, 0.25) is 0 Å². The number of benzene rings is 3. The average molecular weight is 471 g/mol. The van der Waals surface area contributed by atoms with Crippen molar-refractivity contribution in [2.24, 2.45) is 0 Å². The minimum atomic E-state index is -0.0400. The summed E-state index contributed by atoms with van der Waals surface area (Å²) < 4.78 is 16.1. The molecule has 0 bridgehead atoms. The number of rotatable bonds is 6. The van der Waals surface area contributed by atoms with Gasteiger partial charge in [0.25, 0.3) is 0 Å². The highest BCUT2D eigenvalue weighted by Gasteiger charge is 2.23. The molecule has 0 spiro atoms. The van der Waals surface area contributed by atoms with E-state index in [0.29, 0.717) is 49.5 Å². The van der Waals surface area contributed by atoms with Gasteiger partial charge in [-0.05, 0) is 40.6 Å². The summed E-state index contributed by atoms with van der Waals surface area (Å²) in [6.07, 6.45) is 3.37. The van der Waals surface area contributed by atoms with Crippen molar-refractivity contribution in [3.8, 4) is 22.9 Å². The van der Waals surface area contributed by atoms with Gasteiger partial charge < -0.3 is 23.8 Å². The fraction of sp³-hybridized carbons (Fsp3) is 0.222. The number of hydrogen-bond donors (Lipinski definition) is 0. The monoisotopic (exact) mass is 470 g/mol. The number of anilines is 1. The summed E-state index contributed by atoms with van der Waals surface area (Å²) in [5.41, 5.74) is 1.77. The van der Waals surface area contributed by atoms with Gasteiger partial charge in [-0.15, -0.1) is 0 Å². The van der Waals surface area contributed by atoms with E-state index in [1.165, 1.54) is 5.39 Å². The van der Waals surface area contributed by atoms with E-state index >= 15 is 0 Å². The van der Waals surface area contributed by atoms with Crippen LogP contribution in [-0.2, 0) is 4.79 Å². The Morgan fingerprint density at radius 2 is 1.69 bits per heavy atom. The van der Waals surface area contributed by atoms with Gasteiger partial charge in [-0.25, -0.2) is 0 Å². The fourth-order valence-electron chi connectivity index (χ4n) is 4.14. The minimum absolute atomic E-state index is 0.0400.